The lowest BCUT2D eigenvalue weighted by Crippen LogP contribution is -2.57. The van der Waals surface area contributed by atoms with Crippen LogP contribution in [0.5, 0.6) is 0 Å². The van der Waals surface area contributed by atoms with Crippen molar-refractivity contribution in [1.29, 1.82) is 0 Å². The summed E-state index contributed by atoms with van der Waals surface area (Å²) in [5.41, 5.74) is 2.58. The molecule has 0 unspecified atom stereocenters. The number of nitrogens with one attached hydrogen (secondary N) is 2. The van der Waals surface area contributed by atoms with E-state index in [4.69, 9.17) is 9.90 Å². The number of aliphatic carboxylic acids is 1. The number of para-hydroxylation sites is 1. The average Bonchev–Trinajstić information content (AvgIpc) is 3.30. The van der Waals surface area contributed by atoms with Crippen molar-refractivity contribution in [2.24, 2.45) is 0 Å². The van der Waals surface area contributed by atoms with Crippen molar-refractivity contribution in [2.45, 2.75) is 30.5 Å². The van der Waals surface area contributed by atoms with Gasteiger partial charge in [-0.05, 0) is 36.1 Å². The molecule has 0 aromatic heterocycles. The Labute approximate surface area is 242 Å². The molecule has 3 N–H and O–H groups in total. The molecule has 1 spiro atoms. The molecule has 3 aromatic rings. The van der Waals surface area contributed by atoms with Gasteiger partial charge in [-0.15, -0.1) is 0 Å². The summed E-state index contributed by atoms with van der Waals surface area (Å²) in [6.45, 7) is 3.56. The molecule has 2 fully saturated rings. The van der Waals surface area contributed by atoms with Crippen LogP contribution in [0.3, 0.4) is 0 Å². The molecular weight excluding hydrogens is 549 g/mol. The van der Waals surface area contributed by atoms with Gasteiger partial charge in [0.1, 0.15) is 5.54 Å². The van der Waals surface area contributed by atoms with Gasteiger partial charge in [0.2, 0.25) is 11.8 Å². The molecule has 11 heteroatoms. The van der Waals surface area contributed by atoms with E-state index in [-0.39, 0.29) is 17.7 Å². The fraction of sp³-hybridized carbons (Fsp3) is 0.323. The lowest BCUT2D eigenvalue weighted by atomic mass is 9.85. The first-order chi connectivity index (χ1) is 20.1. The Morgan fingerprint density at radius 2 is 1.36 bits per heavy atom. The van der Waals surface area contributed by atoms with Gasteiger partial charge in [-0.1, -0.05) is 78.9 Å². The topological polar surface area (TPSA) is 102 Å². The van der Waals surface area contributed by atoms with Crippen molar-refractivity contribution in [1.82, 2.24) is 15.5 Å². The Balaban J connectivity index is 0.000000517. The lowest BCUT2D eigenvalue weighted by Gasteiger charge is -2.43. The number of alkyl halides is 3. The van der Waals surface area contributed by atoms with E-state index in [0.29, 0.717) is 13.2 Å². The van der Waals surface area contributed by atoms with Crippen molar-refractivity contribution in [3.05, 3.63) is 102 Å². The van der Waals surface area contributed by atoms with E-state index >= 15 is 0 Å². The molecule has 2 aliphatic rings. The minimum atomic E-state index is -5.08. The number of nitrogens with zero attached hydrogens (tertiary/aromatic N) is 2. The number of carboxylic acids is 1. The van der Waals surface area contributed by atoms with Gasteiger partial charge < -0.3 is 25.5 Å². The SMILES string of the molecule is O=C(NCCN1CCC2(CC1)C(=O)NCN2c1ccccc1)C(c1ccccc1)c1ccccc1.O=C(O)C(F)(F)F. The smallest absolute Gasteiger partial charge is 0.475 e. The van der Waals surface area contributed by atoms with Gasteiger partial charge in [0.05, 0.1) is 12.6 Å². The third-order valence-electron chi connectivity index (χ3n) is 7.59. The molecule has 0 atom stereocenters. The van der Waals surface area contributed by atoms with Crippen molar-refractivity contribution in [3.63, 3.8) is 0 Å². The first-order valence-corrected chi connectivity index (χ1v) is 13.6. The third-order valence-corrected chi connectivity index (χ3v) is 7.59. The Hall–Kier alpha value is -4.38. The molecule has 2 amide bonds. The number of piperidine rings is 1. The van der Waals surface area contributed by atoms with Crippen LogP contribution >= 0.6 is 0 Å². The highest BCUT2D eigenvalue weighted by molar-refractivity contribution is 5.93. The summed E-state index contributed by atoms with van der Waals surface area (Å²) in [5.74, 6) is -2.94. The number of carboxylic acid groups (broad SMARTS) is 1. The van der Waals surface area contributed by atoms with E-state index in [9.17, 15) is 22.8 Å². The minimum absolute atomic E-state index is 0.0151. The summed E-state index contributed by atoms with van der Waals surface area (Å²) in [5, 5.41) is 13.3. The Kier molecular flexibility index (Phi) is 9.84. The maximum absolute atomic E-state index is 13.2. The Bertz CT molecular complexity index is 1290. The van der Waals surface area contributed by atoms with E-state index in [1.165, 1.54) is 0 Å². The van der Waals surface area contributed by atoms with E-state index < -0.39 is 17.7 Å². The zero-order valence-corrected chi connectivity index (χ0v) is 22.9. The number of benzene rings is 3. The fourth-order valence-corrected chi connectivity index (χ4v) is 5.40. The van der Waals surface area contributed by atoms with Crippen LogP contribution in [0.15, 0.2) is 91.0 Å². The Morgan fingerprint density at radius 1 is 0.881 bits per heavy atom. The molecule has 2 aliphatic heterocycles. The van der Waals surface area contributed by atoms with Crippen molar-refractivity contribution in [3.8, 4) is 0 Å². The highest BCUT2D eigenvalue weighted by atomic mass is 19.4. The number of amides is 2. The van der Waals surface area contributed by atoms with E-state index in [2.05, 4.69) is 32.6 Å². The number of likely N-dealkylation sites (tertiary alicyclic amines) is 1. The second kappa shape index (κ2) is 13.5. The lowest BCUT2D eigenvalue weighted by molar-refractivity contribution is -0.192. The quantitative estimate of drug-likeness (QED) is 0.390. The molecule has 5 rings (SSSR count). The summed E-state index contributed by atoms with van der Waals surface area (Å²) in [6, 6.07) is 30.0. The molecule has 222 valence electrons. The molecular formula is C31H33F3N4O4. The molecule has 2 heterocycles. The maximum atomic E-state index is 13.2. The second-order valence-corrected chi connectivity index (χ2v) is 10.1. The number of carbonyl (C=O) groups excluding carboxylic acids is 2. The highest BCUT2D eigenvalue weighted by Gasteiger charge is 2.50. The van der Waals surface area contributed by atoms with Crippen LogP contribution in [0.1, 0.15) is 29.9 Å². The summed E-state index contributed by atoms with van der Waals surface area (Å²) in [7, 11) is 0. The number of halogens is 3. The summed E-state index contributed by atoms with van der Waals surface area (Å²) in [4.78, 5) is 39.6. The monoisotopic (exact) mass is 582 g/mol. The van der Waals surface area contributed by atoms with Crippen LogP contribution in [-0.4, -0.2) is 72.4 Å². The summed E-state index contributed by atoms with van der Waals surface area (Å²) in [6.07, 6.45) is -3.53. The van der Waals surface area contributed by atoms with Gasteiger partial charge >= 0.3 is 12.1 Å². The van der Waals surface area contributed by atoms with Crippen LogP contribution in [0.25, 0.3) is 0 Å². The van der Waals surface area contributed by atoms with Crippen molar-refractivity contribution >= 4 is 23.5 Å². The van der Waals surface area contributed by atoms with Crippen LogP contribution < -0.4 is 15.5 Å². The predicted octanol–water partition coefficient (Wildman–Crippen LogP) is 4.00. The minimum Gasteiger partial charge on any atom is -0.475 e. The number of carbonyl (C=O) groups is 3. The van der Waals surface area contributed by atoms with E-state index in [0.717, 1.165) is 49.3 Å². The van der Waals surface area contributed by atoms with Crippen LogP contribution in [0.4, 0.5) is 18.9 Å². The third kappa shape index (κ3) is 7.27. The van der Waals surface area contributed by atoms with E-state index in [1.807, 2.05) is 78.9 Å². The van der Waals surface area contributed by atoms with Crippen molar-refractivity contribution < 1.29 is 32.7 Å². The average molecular weight is 583 g/mol. The molecule has 0 bridgehead atoms. The van der Waals surface area contributed by atoms with Crippen LogP contribution in [0.2, 0.25) is 0 Å². The summed E-state index contributed by atoms with van der Waals surface area (Å²) < 4.78 is 31.7. The second-order valence-electron chi connectivity index (χ2n) is 10.1. The molecule has 0 aliphatic carbocycles. The molecule has 0 saturated carbocycles. The molecule has 2 saturated heterocycles. The molecule has 0 radical (unpaired) electrons. The van der Waals surface area contributed by atoms with Gasteiger partial charge in [-0.3, -0.25) is 9.59 Å². The van der Waals surface area contributed by atoms with Gasteiger partial charge in [0, 0.05) is 31.9 Å². The molecule has 42 heavy (non-hydrogen) atoms. The zero-order chi connectivity index (χ0) is 30.2. The van der Waals surface area contributed by atoms with Crippen molar-refractivity contribution in [2.75, 3.05) is 37.7 Å². The zero-order valence-electron chi connectivity index (χ0n) is 22.9. The normalized spacial score (nSPS) is 16.5. The number of hydrogen-bond acceptors (Lipinski definition) is 5. The van der Waals surface area contributed by atoms with Gasteiger partial charge in [-0.2, -0.15) is 13.2 Å². The molecule has 8 nitrogen and oxygen atoms in total. The standard InChI is InChI=1S/C29H32N4O2.C2HF3O2/c34-27(26(23-10-4-1-5-11-23)24-12-6-2-7-13-24)30-18-21-32-19-16-29(17-20-32)28(35)31-22-33(29)25-14-8-3-9-15-25;3-2(4,5)1(6)7/h1-15,26H,16-22H2,(H,30,34)(H,31,35);(H,6,7). The first kappa shape index (κ1) is 30.6. The highest BCUT2D eigenvalue weighted by Crippen LogP contribution is 2.36. The predicted molar refractivity (Wildman–Crippen MR) is 152 cm³/mol. The van der Waals surface area contributed by atoms with Gasteiger partial charge in [0.15, 0.2) is 0 Å². The van der Waals surface area contributed by atoms with Crippen LogP contribution in [-0.2, 0) is 14.4 Å². The van der Waals surface area contributed by atoms with Gasteiger partial charge in [-0.25, -0.2) is 4.79 Å². The Morgan fingerprint density at radius 3 is 1.83 bits per heavy atom. The van der Waals surface area contributed by atoms with E-state index in [1.54, 1.807) is 0 Å². The van der Waals surface area contributed by atoms with Gasteiger partial charge in [0.25, 0.3) is 0 Å². The molecule has 3 aromatic carbocycles. The number of anilines is 1. The van der Waals surface area contributed by atoms with Crippen LogP contribution in [0, 0.1) is 0 Å². The maximum Gasteiger partial charge on any atom is 0.490 e. The first-order valence-electron chi connectivity index (χ1n) is 13.6. The number of rotatable bonds is 7. The largest absolute Gasteiger partial charge is 0.490 e. The summed E-state index contributed by atoms with van der Waals surface area (Å²) >= 11 is 0. The number of hydrogen-bond donors (Lipinski definition) is 3. The fourth-order valence-electron chi connectivity index (χ4n) is 5.40.